The molecule has 2 N–H and O–H groups in total. The van der Waals surface area contributed by atoms with E-state index in [2.05, 4.69) is 45.0 Å². The highest BCUT2D eigenvalue weighted by Gasteiger charge is 2.20. The van der Waals surface area contributed by atoms with Crippen LogP contribution in [0.2, 0.25) is 0 Å². The second-order valence-corrected chi connectivity index (χ2v) is 7.35. The number of halogens is 1. The molecular formula is C18H23BrN6O2. The van der Waals surface area contributed by atoms with Gasteiger partial charge >= 0.3 is 0 Å². The number of hydrogen-bond donors (Lipinski definition) is 2. The van der Waals surface area contributed by atoms with Gasteiger partial charge < -0.3 is 10.2 Å². The van der Waals surface area contributed by atoms with Crippen LogP contribution in [0.15, 0.2) is 22.9 Å². The van der Waals surface area contributed by atoms with Gasteiger partial charge in [0.1, 0.15) is 0 Å². The lowest BCUT2D eigenvalue weighted by Crippen LogP contribution is -2.08. The van der Waals surface area contributed by atoms with E-state index < -0.39 is 0 Å². The first-order chi connectivity index (χ1) is 12.9. The van der Waals surface area contributed by atoms with Crippen molar-refractivity contribution < 1.29 is 10.2 Å². The van der Waals surface area contributed by atoms with Crippen molar-refractivity contribution in [3.05, 3.63) is 39.9 Å². The van der Waals surface area contributed by atoms with Gasteiger partial charge in [-0.3, -0.25) is 0 Å². The van der Waals surface area contributed by atoms with Crippen LogP contribution in [0.3, 0.4) is 0 Å². The largest absolute Gasteiger partial charge is 0.392 e. The first-order valence-electron chi connectivity index (χ1n) is 8.82. The third-order valence-corrected chi connectivity index (χ3v) is 4.79. The first-order valence-corrected chi connectivity index (χ1v) is 9.62. The SMILES string of the molecule is CCC(C)Cc1nc(-c2cc(CO)cc(CO)c2)n(-c2nc(Br)nn2C)n1. The molecule has 9 heteroatoms. The lowest BCUT2D eigenvalue weighted by Gasteiger charge is -2.08. The van der Waals surface area contributed by atoms with Crippen LogP contribution in [0.4, 0.5) is 0 Å². The zero-order valence-electron chi connectivity index (χ0n) is 15.6. The summed E-state index contributed by atoms with van der Waals surface area (Å²) < 4.78 is 3.75. The molecule has 0 amide bonds. The lowest BCUT2D eigenvalue weighted by atomic mass is 10.0. The average Bonchev–Trinajstić information content (AvgIpc) is 3.23. The number of aliphatic hydroxyl groups is 2. The van der Waals surface area contributed by atoms with Crippen molar-refractivity contribution in [3.8, 4) is 17.3 Å². The Morgan fingerprint density at radius 1 is 1.07 bits per heavy atom. The molecule has 0 saturated carbocycles. The summed E-state index contributed by atoms with van der Waals surface area (Å²) in [5.74, 6) is 2.30. The predicted octanol–water partition coefficient (Wildman–Crippen LogP) is 2.40. The second-order valence-electron chi connectivity index (χ2n) is 6.64. The van der Waals surface area contributed by atoms with Gasteiger partial charge in [-0.1, -0.05) is 26.3 Å². The van der Waals surface area contributed by atoms with E-state index >= 15 is 0 Å². The van der Waals surface area contributed by atoms with Crippen LogP contribution < -0.4 is 0 Å². The third kappa shape index (κ3) is 4.26. The summed E-state index contributed by atoms with van der Waals surface area (Å²) in [4.78, 5) is 9.13. The lowest BCUT2D eigenvalue weighted by molar-refractivity contribution is 0.275. The van der Waals surface area contributed by atoms with Gasteiger partial charge in [0.2, 0.25) is 4.73 Å². The van der Waals surface area contributed by atoms with Gasteiger partial charge in [0.25, 0.3) is 5.95 Å². The van der Waals surface area contributed by atoms with Crippen molar-refractivity contribution in [1.29, 1.82) is 0 Å². The van der Waals surface area contributed by atoms with Crippen LogP contribution in [0.5, 0.6) is 0 Å². The minimum atomic E-state index is -0.121. The number of rotatable bonds is 7. The summed E-state index contributed by atoms with van der Waals surface area (Å²) in [6.07, 6.45) is 1.79. The fourth-order valence-corrected chi connectivity index (χ4v) is 3.22. The van der Waals surface area contributed by atoms with Crippen molar-refractivity contribution in [2.75, 3.05) is 0 Å². The Morgan fingerprint density at radius 2 is 1.74 bits per heavy atom. The molecule has 27 heavy (non-hydrogen) atoms. The number of aliphatic hydroxyl groups excluding tert-OH is 2. The molecule has 0 fully saturated rings. The maximum atomic E-state index is 9.56. The molecule has 0 aliphatic carbocycles. The molecule has 2 aromatic heterocycles. The molecule has 1 atom stereocenters. The highest BCUT2D eigenvalue weighted by atomic mass is 79.9. The Labute approximate surface area is 166 Å². The molecule has 8 nitrogen and oxygen atoms in total. The molecule has 3 rings (SSSR count). The van der Waals surface area contributed by atoms with Gasteiger partial charge in [-0.25, -0.2) is 9.67 Å². The van der Waals surface area contributed by atoms with E-state index in [0.717, 1.165) is 24.2 Å². The zero-order chi connectivity index (χ0) is 19.6. The monoisotopic (exact) mass is 434 g/mol. The molecule has 0 aliphatic rings. The smallest absolute Gasteiger partial charge is 0.251 e. The standard InChI is InChI=1S/C18H23BrN6O2/c1-4-11(2)5-15-20-16(14-7-12(9-26)6-13(8-14)10-27)25(22-15)18-21-17(19)23-24(18)3/h6-8,11,26-27H,4-5,9-10H2,1-3H3. The van der Waals surface area contributed by atoms with Crippen LogP contribution in [-0.2, 0) is 26.7 Å². The quantitative estimate of drug-likeness (QED) is 0.591. The number of nitrogens with zero attached hydrogens (tertiary/aromatic N) is 6. The maximum absolute atomic E-state index is 9.56. The van der Waals surface area contributed by atoms with Gasteiger partial charge in [0.15, 0.2) is 11.6 Å². The van der Waals surface area contributed by atoms with Crippen LogP contribution in [0.25, 0.3) is 17.3 Å². The number of aromatic nitrogens is 6. The number of benzene rings is 1. The van der Waals surface area contributed by atoms with E-state index in [-0.39, 0.29) is 13.2 Å². The molecule has 0 aliphatic heterocycles. The fraction of sp³-hybridized carbons (Fsp3) is 0.444. The van der Waals surface area contributed by atoms with Crippen molar-refractivity contribution in [3.63, 3.8) is 0 Å². The Morgan fingerprint density at radius 3 is 2.26 bits per heavy atom. The highest BCUT2D eigenvalue weighted by Crippen LogP contribution is 2.25. The van der Waals surface area contributed by atoms with Crippen LogP contribution >= 0.6 is 15.9 Å². The Balaban J connectivity index is 2.17. The Bertz CT molecular complexity index is 914. The summed E-state index contributed by atoms with van der Waals surface area (Å²) in [6, 6.07) is 5.46. The van der Waals surface area contributed by atoms with Gasteiger partial charge in [0.05, 0.1) is 13.2 Å². The molecule has 0 bridgehead atoms. The van der Waals surface area contributed by atoms with Gasteiger partial charge in [0, 0.05) is 19.0 Å². The van der Waals surface area contributed by atoms with Gasteiger partial charge in [-0.15, -0.1) is 10.2 Å². The van der Waals surface area contributed by atoms with E-state index in [4.69, 9.17) is 4.98 Å². The van der Waals surface area contributed by atoms with E-state index in [1.165, 1.54) is 0 Å². The van der Waals surface area contributed by atoms with Crippen molar-refractivity contribution in [2.24, 2.45) is 13.0 Å². The van der Waals surface area contributed by atoms with Crippen LogP contribution in [0, 0.1) is 5.92 Å². The highest BCUT2D eigenvalue weighted by molar-refractivity contribution is 9.10. The van der Waals surface area contributed by atoms with E-state index in [1.807, 2.05) is 12.1 Å². The van der Waals surface area contributed by atoms with E-state index in [1.54, 1.807) is 22.5 Å². The van der Waals surface area contributed by atoms with Crippen molar-refractivity contribution in [1.82, 2.24) is 29.5 Å². The summed E-state index contributed by atoms with van der Waals surface area (Å²) in [6.45, 7) is 4.06. The number of aryl methyl sites for hydroxylation is 1. The molecular weight excluding hydrogens is 412 g/mol. The van der Waals surface area contributed by atoms with Crippen LogP contribution in [0.1, 0.15) is 37.2 Å². The Hall–Kier alpha value is -2.10. The maximum Gasteiger partial charge on any atom is 0.251 e. The molecule has 0 radical (unpaired) electrons. The van der Waals surface area contributed by atoms with Crippen molar-refractivity contribution >= 4 is 15.9 Å². The van der Waals surface area contributed by atoms with E-state index in [0.29, 0.717) is 33.6 Å². The fourth-order valence-electron chi connectivity index (χ4n) is 2.83. The normalized spacial score (nSPS) is 12.5. The van der Waals surface area contributed by atoms with Crippen LogP contribution in [-0.4, -0.2) is 39.7 Å². The summed E-state index contributed by atoms with van der Waals surface area (Å²) in [5.41, 5.74) is 2.16. The molecule has 1 aromatic carbocycles. The first kappa shape index (κ1) is 19.7. The molecule has 2 heterocycles. The van der Waals surface area contributed by atoms with E-state index in [9.17, 15) is 10.2 Å². The second kappa shape index (κ2) is 8.28. The summed E-state index contributed by atoms with van der Waals surface area (Å²) >= 11 is 3.29. The molecule has 0 saturated heterocycles. The Kier molecular flexibility index (Phi) is 6.03. The summed E-state index contributed by atoms with van der Waals surface area (Å²) in [7, 11) is 1.79. The van der Waals surface area contributed by atoms with Gasteiger partial charge in [-0.05, 0) is 45.1 Å². The van der Waals surface area contributed by atoms with Gasteiger partial charge in [-0.2, -0.15) is 9.67 Å². The molecule has 1 unspecified atom stereocenters. The predicted molar refractivity (Wildman–Crippen MR) is 104 cm³/mol. The molecule has 3 aromatic rings. The minimum absolute atomic E-state index is 0.121. The topological polar surface area (TPSA) is 102 Å². The minimum Gasteiger partial charge on any atom is -0.392 e. The zero-order valence-corrected chi connectivity index (χ0v) is 17.2. The number of hydrogen-bond acceptors (Lipinski definition) is 6. The van der Waals surface area contributed by atoms with Crippen molar-refractivity contribution in [2.45, 2.75) is 39.9 Å². The average molecular weight is 435 g/mol. The molecule has 0 spiro atoms. The third-order valence-electron chi connectivity index (χ3n) is 4.46. The summed E-state index contributed by atoms with van der Waals surface area (Å²) in [5, 5.41) is 28.0. The molecule has 144 valence electrons.